The monoisotopic (exact) mass is 502 g/mol. The summed E-state index contributed by atoms with van der Waals surface area (Å²) in [4.78, 5) is 0. The van der Waals surface area contributed by atoms with E-state index in [-0.39, 0.29) is 10.5 Å². The minimum absolute atomic E-state index is 0.0561. The van der Waals surface area contributed by atoms with Crippen LogP contribution in [-0.2, 0) is 4.43 Å². The minimum atomic E-state index is -2.60. The Bertz CT molecular complexity index is 806. The molecule has 0 saturated carbocycles. The van der Waals surface area contributed by atoms with Gasteiger partial charge in [0.15, 0.2) is 0 Å². The Morgan fingerprint density at radius 2 is 1.39 bits per heavy atom. The lowest BCUT2D eigenvalue weighted by Gasteiger charge is -2.45. The van der Waals surface area contributed by atoms with Gasteiger partial charge in [-0.3, -0.25) is 0 Å². The van der Waals surface area contributed by atoms with Gasteiger partial charge in [-0.2, -0.15) is 0 Å². The molecular formula is C28H42O2S2Si. The zero-order valence-electron chi connectivity index (χ0n) is 21.2. The van der Waals surface area contributed by atoms with Gasteiger partial charge < -0.3 is 9.53 Å². The fourth-order valence-electron chi connectivity index (χ4n) is 4.77. The summed E-state index contributed by atoms with van der Waals surface area (Å²) in [5.41, 5.74) is -0.328. The van der Waals surface area contributed by atoms with E-state index in [0.717, 1.165) is 6.42 Å². The van der Waals surface area contributed by atoms with E-state index < -0.39 is 14.4 Å². The Hall–Kier alpha value is -0.723. The molecule has 3 rings (SSSR count). The Labute approximate surface area is 211 Å². The van der Waals surface area contributed by atoms with Gasteiger partial charge in [0.1, 0.15) is 0 Å². The Morgan fingerprint density at radius 3 is 1.85 bits per heavy atom. The SMILES string of the molecule is C[C@H](C[C@@H](O)C(C)(C)CO[Si](c1ccccc1)(c1ccccc1)C(C)(C)C)C1SCCCS1. The van der Waals surface area contributed by atoms with E-state index in [1.165, 1.54) is 28.3 Å². The van der Waals surface area contributed by atoms with Crippen LogP contribution in [0.3, 0.4) is 0 Å². The smallest absolute Gasteiger partial charge is 0.261 e. The molecule has 1 N–H and O–H groups in total. The third-order valence-electron chi connectivity index (χ3n) is 6.89. The first-order valence-electron chi connectivity index (χ1n) is 12.2. The van der Waals surface area contributed by atoms with Crippen LogP contribution in [0.4, 0.5) is 0 Å². The fourth-order valence-corrected chi connectivity index (χ4v) is 12.6. The average molecular weight is 503 g/mol. The van der Waals surface area contributed by atoms with E-state index >= 15 is 0 Å². The molecule has 1 aliphatic rings. The second kappa shape index (κ2) is 11.3. The third kappa shape index (κ3) is 6.29. The highest BCUT2D eigenvalue weighted by Gasteiger charge is 2.51. The van der Waals surface area contributed by atoms with Gasteiger partial charge in [-0.25, -0.2) is 0 Å². The Kier molecular flexibility index (Phi) is 9.24. The Balaban J connectivity index is 1.85. The molecule has 0 aliphatic carbocycles. The molecule has 2 aromatic rings. The third-order valence-corrected chi connectivity index (χ3v) is 15.3. The minimum Gasteiger partial charge on any atom is -0.407 e. The molecule has 2 nitrogen and oxygen atoms in total. The molecule has 5 heteroatoms. The van der Waals surface area contributed by atoms with Crippen molar-refractivity contribution >= 4 is 42.2 Å². The highest BCUT2D eigenvalue weighted by molar-refractivity contribution is 8.17. The summed E-state index contributed by atoms with van der Waals surface area (Å²) in [6, 6.07) is 21.6. The topological polar surface area (TPSA) is 29.5 Å². The number of rotatable bonds is 9. The van der Waals surface area contributed by atoms with Gasteiger partial charge in [-0.1, -0.05) is 102 Å². The summed E-state index contributed by atoms with van der Waals surface area (Å²) in [6.07, 6.45) is 1.73. The molecule has 1 fully saturated rings. The van der Waals surface area contributed by atoms with Crippen LogP contribution < -0.4 is 10.4 Å². The van der Waals surface area contributed by atoms with Gasteiger partial charge in [-0.05, 0) is 45.7 Å². The maximum absolute atomic E-state index is 11.3. The van der Waals surface area contributed by atoms with Crippen LogP contribution in [0.25, 0.3) is 0 Å². The lowest BCUT2D eigenvalue weighted by molar-refractivity contribution is 0.0000468. The van der Waals surface area contributed by atoms with Crippen molar-refractivity contribution in [3.8, 4) is 0 Å². The van der Waals surface area contributed by atoms with Crippen molar-refractivity contribution in [2.45, 2.75) is 70.1 Å². The highest BCUT2D eigenvalue weighted by Crippen LogP contribution is 2.41. The van der Waals surface area contributed by atoms with Gasteiger partial charge in [0.05, 0.1) is 10.7 Å². The lowest BCUT2D eigenvalue weighted by atomic mass is 9.83. The number of hydrogen-bond donors (Lipinski definition) is 1. The average Bonchev–Trinajstić information content (AvgIpc) is 2.80. The van der Waals surface area contributed by atoms with Crippen molar-refractivity contribution in [3.05, 3.63) is 60.7 Å². The van der Waals surface area contributed by atoms with Crippen molar-refractivity contribution < 1.29 is 9.53 Å². The van der Waals surface area contributed by atoms with Crippen molar-refractivity contribution in [3.63, 3.8) is 0 Å². The maximum atomic E-state index is 11.3. The molecule has 0 radical (unpaired) electrons. The van der Waals surface area contributed by atoms with E-state index in [4.69, 9.17) is 4.43 Å². The van der Waals surface area contributed by atoms with E-state index in [1.54, 1.807) is 0 Å². The van der Waals surface area contributed by atoms with Gasteiger partial charge in [0, 0.05) is 12.0 Å². The van der Waals surface area contributed by atoms with Crippen LogP contribution in [0.5, 0.6) is 0 Å². The molecule has 2 aromatic carbocycles. The van der Waals surface area contributed by atoms with Crippen molar-refractivity contribution in [1.29, 1.82) is 0 Å². The molecule has 33 heavy (non-hydrogen) atoms. The quantitative estimate of drug-likeness (QED) is 0.415. The Morgan fingerprint density at radius 1 is 0.909 bits per heavy atom. The van der Waals surface area contributed by atoms with Crippen LogP contribution in [-0.4, -0.2) is 42.2 Å². The molecular weight excluding hydrogens is 461 g/mol. The number of thioether (sulfide) groups is 2. The molecule has 1 saturated heterocycles. The zero-order chi connectivity index (χ0) is 24.1. The summed E-state index contributed by atoms with van der Waals surface area (Å²) in [5, 5.41) is 13.9. The van der Waals surface area contributed by atoms with E-state index in [0.29, 0.717) is 17.1 Å². The van der Waals surface area contributed by atoms with Gasteiger partial charge in [-0.15, -0.1) is 23.5 Å². The van der Waals surface area contributed by atoms with Gasteiger partial charge >= 0.3 is 0 Å². The zero-order valence-corrected chi connectivity index (χ0v) is 23.8. The van der Waals surface area contributed by atoms with Crippen LogP contribution in [0.1, 0.15) is 54.4 Å². The first kappa shape index (κ1) is 26.9. The summed E-state index contributed by atoms with van der Waals surface area (Å²) in [6.45, 7) is 14.1. The van der Waals surface area contributed by atoms with Crippen molar-refractivity contribution in [1.82, 2.24) is 0 Å². The normalized spacial score (nSPS) is 18.2. The molecule has 2 atom stereocenters. The first-order valence-corrected chi connectivity index (χ1v) is 16.2. The van der Waals surface area contributed by atoms with Crippen molar-refractivity contribution in [2.75, 3.05) is 18.1 Å². The molecule has 0 bridgehead atoms. The molecule has 1 aliphatic heterocycles. The summed E-state index contributed by atoms with van der Waals surface area (Å²) in [5.74, 6) is 2.99. The fraction of sp³-hybridized carbons (Fsp3) is 0.571. The molecule has 0 unspecified atom stereocenters. The lowest BCUT2D eigenvalue weighted by Crippen LogP contribution is -2.67. The molecule has 0 spiro atoms. The van der Waals surface area contributed by atoms with Gasteiger partial charge in [0.25, 0.3) is 8.32 Å². The number of benzene rings is 2. The van der Waals surface area contributed by atoms with Crippen LogP contribution >= 0.6 is 23.5 Å². The van der Waals surface area contributed by atoms with E-state index in [2.05, 4.69) is 126 Å². The predicted molar refractivity (Wildman–Crippen MR) is 150 cm³/mol. The second-order valence-electron chi connectivity index (χ2n) is 11.1. The summed E-state index contributed by atoms with van der Waals surface area (Å²) >= 11 is 4.13. The van der Waals surface area contributed by atoms with Crippen LogP contribution in [0.15, 0.2) is 60.7 Å². The molecule has 182 valence electrons. The molecule has 0 amide bonds. The number of hydrogen-bond acceptors (Lipinski definition) is 4. The van der Waals surface area contributed by atoms with Crippen LogP contribution in [0.2, 0.25) is 5.04 Å². The standard InChI is InChI=1S/C28H42O2S2Si/c1-22(26-31-18-13-19-32-26)20-25(29)28(5,6)21-30-33(27(2,3)4,23-14-9-7-10-15-23)24-16-11-8-12-17-24/h7-12,14-17,22,25-26,29H,13,18-21H2,1-6H3/t22-,25-/m1/s1. The highest BCUT2D eigenvalue weighted by atomic mass is 32.2. The molecule has 0 aromatic heterocycles. The molecule has 1 heterocycles. The summed E-state index contributed by atoms with van der Waals surface area (Å²) < 4.78 is 7.75. The summed E-state index contributed by atoms with van der Waals surface area (Å²) in [7, 11) is -2.60. The van der Waals surface area contributed by atoms with Gasteiger partial charge in [0.2, 0.25) is 0 Å². The number of aliphatic hydroxyl groups excluding tert-OH is 1. The number of aliphatic hydroxyl groups is 1. The largest absolute Gasteiger partial charge is 0.407 e. The predicted octanol–water partition coefficient (Wildman–Crippen LogP) is 6.17. The second-order valence-corrected chi connectivity index (χ2v) is 18.2. The van der Waals surface area contributed by atoms with E-state index in [1.807, 2.05) is 0 Å². The van der Waals surface area contributed by atoms with E-state index in [9.17, 15) is 5.11 Å². The van der Waals surface area contributed by atoms with Crippen LogP contribution in [0, 0.1) is 11.3 Å². The maximum Gasteiger partial charge on any atom is 0.261 e. The van der Waals surface area contributed by atoms with Crippen molar-refractivity contribution in [2.24, 2.45) is 11.3 Å². The first-order chi connectivity index (χ1) is 15.6.